The summed E-state index contributed by atoms with van der Waals surface area (Å²) in [5, 5.41) is 4.96. The highest BCUT2D eigenvalue weighted by molar-refractivity contribution is 6.30. The standard InChI is InChI=1S/C21H20ClN3O2/c1-4-11-25-19(26)10-9-17(23-25)13-18-12-14(2)20(24(18)3)21(27)15-5-7-16(22)8-6-15/h4-10,12H,1,11,13H2,2-3H3. The van der Waals surface area contributed by atoms with Crippen molar-refractivity contribution < 1.29 is 4.79 Å². The van der Waals surface area contributed by atoms with Crippen LogP contribution < -0.4 is 5.56 Å². The highest BCUT2D eigenvalue weighted by Crippen LogP contribution is 2.21. The molecule has 0 bridgehead atoms. The normalized spacial score (nSPS) is 10.8. The molecule has 0 saturated carbocycles. The average molecular weight is 382 g/mol. The molecule has 0 N–H and O–H groups in total. The van der Waals surface area contributed by atoms with Crippen molar-refractivity contribution in [3.8, 4) is 0 Å². The number of nitrogens with zero attached hydrogens (tertiary/aromatic N) is 3. The van der Waals surface area contributed by atoms with Crippen LogP contribution in [0.4, 0.5) is 0 Å². The predicted octanol–water partition coefficient (Wildman–Crippen LogP) is 3.55. The van der Waals surface area contributed by atoms with Gasteiger partial charge in [-0.25, -0.2) is 4.68 Å². The molecule has 2 aromatic heterocycles. The molecule has 0 aliphatic carbocycles. The maximum atomic E-state index is 12.9. The summed E-state index contributed by atoms with van der Waals surface area (Å²) in [6.45, 7) is 5.92. The topological polar surface area (TPSA) is 56.9 Å². The minimum absolute atomic E-state index is 0.0532. The van der Waals surface area contributed by atoms with Crippen LogP contribution in [0.3, 0.4) is 0 Å². The van der Waals surface area contributed by atoms with Crippen LogP contribution in [0.15, 0.2) is 59.9 Å². The zero-order valence-corrected chi connectivity index (χ0v) is 16.0. The van der Waals surface area contributed by atoms with E-state index in [0.29, 0.717) is 29.2 Å². The first-order valence-corrected chi connectivity index (χ1v) is 8.92. The zero-order valence-electron chi connectivity index (χ0n) is 15.3. The Balaban J connectivity index is 1.93. The number of ketones is 1. The Morgan fingerprint density at radius 1 is 1.22 bits per heavy atom. The number of halogens is 1. The van der Waals surface area contributed by atoms with E-state index in [9.17, 15) is 9.59 Å². The molecular weight excluding hydrogens is 362 g/mol. The van der Waals surface area contributed by atoms with Crippen molar-refractivity contribution in [3.63, 3.8) is 0 Å². The van der Waals surface area contributed by atoms with E-state index in [-0.39, 0.29) is 11.3 Å². The average Bonchev–Trinajstić information content (AvgIpc) is 2.91. The van der Waals surface area contributed by atoms with E-state index in [0.717, 1.165) is 17.0 Å². The molecule has 3 aromatic rings. The molecule has 0 fully saturated rings. The fraction of sp³-hybridized carbons (Fsp3) is 0.190. The Kier molecular flexibility index (Phi) is 5.42. The third-order valence-electron chi connectivity index (χ3n) is 4.43. The van der Waals surface area contributed by atoms with Crippen molar-refractivity contribution in [2.75, 3.05) is 0 Å². The van der Waals surface area contributed by atoms with Crippen molar-refractivity contribution in [2.24, 2.45) is 7.05 Å². The third-order valence-corrected chi connectivity index (χ3v) is 4.68. The fourth-order valence-corrected chi connectivity index (χ4v) is 3.21. The van der Waals surface area contributed by atoms with E-state index in [4.69, 9.17) is 11.6 Å². The molecule has 138 valence electrons. The van der Waals surface area contributed by atoms with Crippen LogP contribution in [-0.4, -0.2) is 20.1 Å². The molecule has 0 saturated heterocycles. The smallest absolute Gasteiger partial charge is 0.267 e. The van der Waals surface area contributed by atoms with E-state index in [1.165, 1.54) is 10.7 Å². The first-order chi connectivity index (χ1) is 12.9. The van der Waals surface area contributed by atoms with Gasteiger partial charge in [0.25, 0.3) is 5.56 Å². The number of carbonyl (C=O) groups is 1. The van der Waals surface area contributed by atoms with Gasteiger partial charge in [-0.3, -0.25) is 9.59 Å². The van der Waals surface area contributed by atoms with Crippen LogP contribution in [0.25, 0.3) is 0 Å². The van der Waals surface area contributed by atoms with Gasteiger partial charge in [0.05, 0.1) is 17.9 Å². The lowest BCUT2D eigenvalue weighted by Crippen LogP contribution is -2.22. The van der Waals surface area contributed by atoms with Gasteiger partial charge >= 0.3 is 0 Å². The van der Waals surface area contributed by atoms with Crippen LogP contribution >= 0.6 is 11.6 Å². The van der Waals surface area contributed by atoms with E-state index < -0.39 is 0 Å². The van der Waals surface area contributed by atoms with E-state index in [1.807, 2.05) is 24.6 Å². The second-order valence-electron chi connectivity index (χ2n) is 6.37. The lowest BCUT2D eigenvalue weighted by atomic mass is 10.1. The van der Waals surface area contributed by atoms with Crippen LogP contribution in [0.2, 0.25) is 5.02 Å². The van der Waals surface area contributed by atoms with Crippen LogP contribution in [0.1, 0.15) is 33.0 Å². The maximum absolute atomic E-state index is 12.9. The Labute approximate surface area is 162 Å². The van der Waals surface area contributed by atoms with Crippen molar-refractivity contribution in [2.45, 2.75) is 19.9 Å². The summed E-state index contributed by atoms with van der Waals surface area (Å²) in [6, 6.07) is 12.1. The molecule has 1 aromatic carbocycles. The lowest BCUT2D eigenvalue weighted by molar-refractivity contribution is 0.103. The minimum Gasteiger partial charge on any atom is -0.344 e. The Bertz CT molecular complexity index is 1060. The number of hydrogen-bond acceptors (Lipinski definition) is 3. The lowest BCUT2D eigenvalue weighted by Gasteiger charge is -2.09. The second-order valence-corrected chi connectivity index (χ2v) is 6.81. The van der Waals surface area contributed by atoms with Crippen LogP contribution in [-0.2, 0) is 20.0 Å². The monoisotopic (exact) mass is 381 g/mol. The Hall–Kier alpha value is -2.92. The summed E-state index contributed by atoms with van der Waals surface area (Å²) in [5.74, 6) is -0.0532. The van der Waals surface area contributed by atoms with E-state index >= 15 is 0 Å². The molecule has 0 atom stereocenters. The number of carbonyl (C=O) groups excluding carboxylic acids is 1. The molecule has 0 spiro atoms. The summed E-state index contributed by atoms with van der Waals surface area (Å²) in [5.41, 5.74) is 3.65. The van der Waals surface area contributed by atoms with Crippen molar-refractivity contribution in [1.82, 2.24) is 14.3 Å². The number of aryl methyl sites for hydroxylation is 1. The maximum Gasteiger partial charge on any atom is 0.267 e. The quantitative estimate of drug-likeness (QED) is 0.484. The van der Waals surface area contributed by atoms with Gasteiger partial charge in [0.2, 0.25) is 5.78 Å². The van der Waals surface area contributed by atoms with Crippen LogP contribution in [0, 0.1) is 6.92 Å². The van der Waals surface area contributed by atoms with Gasteiger partial charge in [-0.05, 0) is 48.9 Å². The zero-order chi connectivity index (χ0) is 19.6. The molecule has 3 rings (SSSR count). The molecular formula is C21H20ClN3O2. The molecule has 2 heterocycles. The van der Waals surface area contributed by atoms with Gasteiger partial charge in [0, 0.05) is 35.8 Å². The van der Waals surface area contributed by atoms with Gasteiger partial charge in [-0.15, -0.1) is 6.58 Å². The molecule has 6 heteroatoms. The Morgan fingerprint density at radius 2 is 1.93 bits per heavy atom. The molecule has 0 aliphatic heterocycles. The molecule has 0 unspecified atom stereocenters. The minimum atomic E-state index is -0.166. The SMILES string of the molecule is C=CCn1nc(Cc2cc(C)c(C(=O)c3ccc(Cl)cc3)n2C)ccc1=O. The number of aromatic nitrogens is 3. The highest BCUT2D eigenvalue weighted by atomic mass is 35.5. The molecule has 5 nitrogen and oxygen atoms in total. The summed E-state index contributed by atoms with van der Waals surface area (Å²) >= 11 is 5.91. The summed E-state index contributed by atoms with van der Waals surface area (Å²) in [6.07, 6.45) is 2.15. The predicted molar refractivity (Wildman–Crippen MR) is 107 cm³/mol. The molecule has 0 radical (unpaired) electrons. The van der Waals surface area contributed by atoms with Gasteiger partial charge < -0.3 is 4.57 Å². The summed E-state index contributed by atoms with van der Waals surface area (Å²) in [4.78, 5) is 24.7. The van der Waals surface area contributed by atoms with E-state index in [2.05, 4.69) is 11.7 Å². The first-order valence-electron chi connectivity index (χ1n) is 8.54. The van der Waals surface area contributed by atoms with Gasteiger partial charge in [0.1, 0.15) is 0 Å². The van der Waals surface area contributed by atoms with Crippen molar-refractivity contribution in [3.05, 3.63) is 98.7 Å². The van der Waals surface area contributed by atoms with Crippen molar-refractivity contribution >= 4 is 17.4 Å². The highest BCUT2D eigenvalue weighted by Gasteiger charge is 2.19. The van der Waals surface area contributed by atoms with E-state index in [1.54, 1.807) is 36.4 Å². The molecule has 0 aliphatic rings. The number of rotatable bonds is 6. The second kappa shape index (κ2) is 7.76. The summed E-state index contributed by atoms with van der Waals surface area (Å²) < 4.78 is 3.26. The van der Waals surface area contributed by atoms with Gasteiger partial charge in [-0.1, -0.05) is 17.7 Å². The fourth-order valence-electron chi connectivity index (χ4n) is 3.09. The van der Waals surface area contributed by atoms with Gasteiger partial charge in [-0.2, -0.15) is 5.10 Å². The first kappa shape index (κ1) is 18.9. The third kappa shape index (κ3) is 3.93. The Morgan fingerprint density at radius 3 is 2.59 bits per heavy atom. The largest absolute Gasteiger partial charge is 0.344 e. The number of allylic oxidation sites excluding steroid dienone is 1. The number of hydrogen-bond donors (Lipinski definition) is 0. The summed E-state index contributed by atoms with van der Waals surface area (Å²) in [7, 11) is 1.87. The molecule has 0 amide bonds. The molecule has 27 heavy (non-hydrogen) atoms. The van der Waals surface area contributed by atoms with Crippen molar-refractivity contribution in [1.29, 1.82) is 0 Å². The van der Waals surface area contributed by atoms with Gasteiger partial charge in [0.15, 0.2) is 0 Å². The van der Waals surface area contributed by atoms with Crippen LogP contribution in [0.5, 0.6) is 0 Å². The number of benzene rings is 1.